The van der Waals surface area contributed by atoms with Gasteiger partial charge in [0.25, 0.3) is 5.91 Å². The van der Waals surface area contributed by atoms with Gasteiger partial charge in [0.1, 0.15) is 18.7 Å². The summed E-state index contributed by atoms with van der Waals surface area (Å²) in [4.78, 5) is 17.2. The Hall–Kier alpha value is -2.58. The lowest BCUT2D eigenvalue weighted by molar-refractivity contribution is 0.102. The molecule has 2 aromatic heterocycles. The van der Waals surface area contributed by atoms with Gasteiger partial charge in [0.15, 0.2) is 0 Å². The van der Waals surface area contributed by atoms with Gasteiger partial charge in [-0.25, -0.2) is 9.67 Å². The first-order chi connectivity index (χ1) is 15.4. The fourth-order valence-corrected chi connectivity index (χ4v) is 4.24. The van der Waals surface area contributed by atoms with Crippen LogP contribution in [0.25, 0.3) is 0 Å². The van der Waals surface area contributed by atoms with Crippen molar-refractivity contribution >= 4 is 58.0 Å². The zero-order valence-corrected chi connectivity index (χ0v) is 19.9. The van der Waals surface area contributed by atoms with Gasteiger partial charge in [0.2, 0.25) is 5.95 Å². The number of aromatic nitrogens is 3. The van der Waals surface area contributed by atoms with Crippen LogP contribution in [0.2, 0.25) is 15.1 Å². The van der Waals surface area contributed by atoms with Crippen LogP contribution in [0.5, 0.6) is 5.75 Å². The predicted molar refractivity (Wildman–Crippen MR) is 128 cm³/mol. The summed E-state index contributed by atoms with van der Waals surface area (Å²) in [6, 6.07) is 12.5. The van der Waals surface area contributed by atoms with E-state index in [-0.39, 0.29) is 11.9 Å². The molecule has 10 heteroatoms. The Labute approximate surface area is 203 Å². The van der Waals surface area contributed by atoms with E-state index in [1.165, 1.54) is 17.7 Å². The standard InChI is InChI=1S/C22H17Cl3N4O2S/c1-13-6-17(4-5-18(13)24)31-10-14-7-20(32-11-14)21(30)27-22-26-12-29(28-22)9-15-2-3-16(23)8-19(15)25/h2-8,11-12H,9-10H2,1H3,(H,27,28,30). The van der Waals surface area contributed by atoms with Crippen molar-refractivity contribution in [3.8, 4) is 5.75 Å². The lowest BCUT2D eigenvalue weighted by Gasteiger charge is -2.06. The van der Waals surface area contributed by atoms with E-state index in [1.54, 1.807) is 28.9 Å². The molecule has 1 amide bonds. The van der Waals surface area contributed by atoms with Crippen LogP contribution < -0.4 is 10.1 Å². The molecule has 2 aromatic carbocycles. The summed E-state index contributed by atoms with van der Waals surface area (Å²) >= 11 is 19.5. The molecule has 0 fully saturated rings. The third-order valence-electron chi connectivity index (χ3n) is 4.52. The van der Waals surface area contributed by atoms with E-state index < -0.39 is 0 Å². The van der Waals surface area contributed by atoms with E-state index in [2.05, 4.69) is 15.4 Å². The van der Waals surface area contributed by atoms with Crippen LogP contribution in [0.15, 0.2) is 54.2 Å². The third-order valence-corrected chi connectivity index (χ3v) is 6.51. The smallest absolute Gasteiger partial charge is 0.268 e. The maximum Gasteiger partial charge on any atom is 0.268 e. The summed E-state index contributed by atoms with van der Waals surface area (Å²) < 4.78 is 7.38. The molecule has 0 bridgehead atoms. The number of anilines is 1. The highest BCUT2D eigenvalue weighted by Crippen LogP contribution is 2.24. The highest BCUT2D eigenvalue weighted by atomic mass is 35.5. The van der Waals surface area contributed by atoms with Crippen molar-refractivity contribution in [2.45, 2.75) is 20.1 Å². The van der Waals surface area contributed by atoms with Gasteiger partial charge in [0, 0.05) is 20.6 Å². The molecule has 6 nitrogen and oxygen atoms in total. The number of rotatable bonds is 7. The Kier molecular flexibility index (Phi) is 7.01. The van der Waals surface area contributed by atoms with Crippen LogP contribution in [-0.4, -0.2) is 20.7 Å². The molecule has 0 saturated carbocycles. The Bertz CT molecular complexity index is 1270. The Morgan fingerprint density at radius 2 is 1.97 bits per heavy atom. The fourth-order valence-electron chi connectivity index (χ4n) is 2.86. The van der Waals surface area contributed by atoms with E-state index in [0.29, 0.717) is 33.1 Å². The molecule has 2 heterocycles. The van der Waals surface area contributed by atoms with Crippen LogP contribution in [0, 0.1) is 6.92 Å². The fraction of sp³-hybridized carbons (Fsp3) is 0.136. The van der Waals surface area contributed by atoms with Crippen LogP contribution in [-0.2, 0) is 13.2 Å². The summed E-state index contributed by atoms with van der Waals surface area (Å²) in [5.41, 5.74) is 2.68. The highest BCUT2D eigenvalue weighted by Gasteiger charge is 2.13. The van der Waals surface area contributed by atoms with Crippen LogP contribution in [0.1, 0.15) is 26.4 Å². The monoisotopic (exact) mass is 506 g/mol. The number of thiophene rings is 1. The van der Waals surface area contributed by atoms with E-state index in [4.69, 9.17) is 39.5 Å². The van der Waals surface area contributed by atoms with Gasteiger partial charge in [-0.15, -0.1) is 16.4 Å². The minimum Gasteiger partial charge on any atom is -0.489 e. The largest absolute Gasteiger partial charge is 0.489 e. The van der Waals surface area contributed by atoms with Crippen molar-refractivity contribution in [3.63, 3.8) is 0 Å². The van der Waals surface area contributed by atoms with Crippen molar-refractivity contribution in [3.05, 3.63) is 90.8 Å². The molecule has 0 atom stereocenters. The number of aryl methyl sites for hydroxylation is 1. The number of amides is 1. The van der Waals surface area contributed by atoms with Crippen molar-refractivity contribution < 1.29 is 9.53 Å². The quantitative estimate of drug-likeness (QED) is 0.310. The Balaban J connectivity index is 1.34. The number of nitrogens with one attached hydrogen (secondary N) is 1. The molecule has 0 radical (unpaired) electrons. The molecule has 0 saturated heterocycles. The molecular weight excluding hydrogens is 491 g/mol. The van der Waals surface area contributed by atoms with Crippen LogP contribution >= 0.6 is 46.1 Å². The number of ether oxygens (including phenoxy) is 1. The molecule has 0 unspecified atom stereocenters. The zero-order valence-electron chi connectivity index (χ0n) is 16.8. The van der Waals surface area contributed by atoms with Gasteiger partial charge in [-0.05, 0) is 59.8 Å². The summed E-state index contributed by atoms with van der Waals surface area (Å²) in [5, 5.41) is 10.7. The Morgan fingerprint density at radius 1 is 1.12 bits per heavy atom. The first kappa shape index (κ1) is 22.6. The zero-order chi connectivity index (χ0) is 22.7. The maximum atomic E-state index is 12.6. The van der Waals surface area contributed by atoms with Gasteiger partial charge in [-0.3, -0.25) is 10.1 Å². The van der Waals surface area contributed by atoms with Gasteiger partial charge in [0.05, 0.1) is 11.4 Å². The molecule has 4 rings (SSSR count). The predicted octanol–water partition coefficient (Wildman–Crippen LogP) is 6.49. The molecular formula is C22H17Cl3N4O2S. The number of carbonyl (C=O) groups is 1. The number of nitrogens with zero attached hydrogens (tertiary/aromatic N) is 3. The third kappa shape index (κ3) is 5.61. The van der Waals surface area contributed by atoms with E-state index in [0.717, 1.165) is 22.4 Å². The second-order valence-corrected chi connectivity index (χ2v) is 9.14. The summed E-state index contributed by atoms with van der Waals surface area (Å²) in [5.74, 6) is 0.647. The maximum absolute atomic E-state index is 12.6. The normalized spacial score (nSPS) is 10.9. The van der Waals surface area contributed by atoms with Crippen LogP contribution in [0.4, 0.5) is 5.95 Å². The lowest BCUT2D eigenvalue weighted by atomic mass is 10.2. The molecule has 4 aromatic rings. The minimum atomic E-state index is -0.286. The van der Waals surface area contributed by atoms with E-state index in [1.807, 2.05) is 30.5 Å². The average Bonchev–Trinajstić information content (AvgIpc) is 3.40. The summed E-state index contributed by atoms with van der Waals surface area (Å²) in [7, 11) is 0. The van der Waals surface area contributed by atoms with E-state index in [9.17, 15) is 4.79 Å². The average molecular weight is 508 g/mol. The van der Waals surface area contributed by atoms with Gasteiger partial charge < -0.3 is 4.74 Å². The molecule has 164 valence electrons. The first-order valence-corrected chi connectivity index (χ1v) is 11.5. The number of halogens is 3. The lowest BCUT2D eigenvalue weighted by Crippen LogP contribution is -2.12. The van der Waals surface area contributed by atoms with Crippen molar-refractivity contribution in [1.82, 2.24) is 14.8 Å². The topological polar surface area (TPSA) is 69.0 Å². The van der Waals surface area contributed by atoms with Crippen molar-refractivity contribution in [1.29, 1.82) is 0 Å². The molecule has 0 aliphatic rings. The molecule has 0 spiro atoms. The Morgan fingerprint density at radius 3 is 2.75 bits per heavy atom. The molecule has 1 N–H and O–H groups in total. The second kappa shape index (κ2) is 9.92. The van der Waals surface area contributed by atoms with Crippen molar-refractivity contribution in [2.24, 2.45) is 0 Å². The molecule has 32 heavy (non-hydrogen) atoms. The minimum absolute atomic E-state index is 0.211. The number of hydrogen-bond donors (Lipinski definition) is 1. The van der Waals surface area contributed by atoms with Crippen molar-refractivity contribution in [2.75, 3.05) is 5.32 Å². The molecule has 0 aliphatic carbocycles. The highest BCUT2D eigenvalue weighted by molar-refractivity contribution is 7.12. The number of hydrogen-bond acceptors (Lipinski definition) is 5. The van der Waals surface area contributed by atoms with Gasteiger partial charge in [-0.2, -0.15) is 0 Å². The van der Waals surface area contributed by atoms with Gasteiger partial charge >= 0.3 is 0 Å². The SMILES string of the molecule is Cc1cc(OCc2csc(C(=O)Nc3ncn(Cc4ccc(Cl)cc4Cl)n3)c2)ccc1Cl. The number of carbonyl (C=O) groups excluding carboxylic acids is 1. The van der Waals surface area contributed by atoms with Crippen LogP contribution in [0.3, 0.4) is 0 Å². The van der Waals surface area contributed by atoms with E-state index >= 15 is 0 Å². The van der Waals surface area contributed by atoms with Gasteiger partial charge in [-0.1, -0.05) is 40.9 Å². The number of benzene rings is 2. The molecule has 0 aliphatic heterocycles. The first-order valence-electron chi connectivity index (χ1n) is 9.48. The second-order valence-electron chi connectivity index (χ2n) is 6.97. The summed E-state index contributed by atoms with van der Waals surface area (Å²) in [6.07, 6.45) is 1.53. The summed E-state index contributed by atoms with van der Waals surface area (Å²) in [6.45, 7) is 2.67.